The van der Waals surface area contributed by atoms with E-state index in [1.54, 1.807) is 0 Å². The van der Waals surface area contributed by atoms with Crippen molar-refractivity contribution in [1.82, 2.24) is 0 Å². The highest BCUT2D eigenvalue weighted by atomic mass is 16.4. The molecule has 0 heterocycles. The van der Waals surface area contributed by atoms with Crippen LogP contribution in [0.1, 0.15) is 39.0 Å². The van der Waals surface area contributed by atoms with E-state index in [-0.39, 0.29) is 11.7 Å². The van der Waals surface area contributed by atoms with Gasteiger partial charge in [0.2, 0.25) is 0 Å². The van der Waals surface area contributed by atoms with Gasteiger partial charge in [0.15, 0.2) is 0 Å². The van der Waals surface area contributed by atoms with Crippen LogP contribution >= 0.6 is 0 Å². The number of carbonyl (C=O) groups is 1. The molecule has 4 aliphatic rings. The van der Waals surface area contributed by atoms with E-state index >= 15 is 0 Å². The van der Waals surface area contributed by atoms with Gasteiger partial charge in [0.05, 0.1) is 6.10 Å². The number of aliphatic hydroxyl groups is 1. The van der Waals surface area contributed by atoms with Crippen LogP contribution in [0.2, 0.25) is 0 Å². The first-order chi connectivity index (χ1) is 7.97. The lowest BCUT2D eigenvalue weighted by atomic mass is 9.55. The number of hydrogen-bond acceptors (Lipinski definition) is 2. The minimum atomic E-state index is -0.935. The van der Waals surface area contributed by atoms with Gasteiger partial charge in [0.25, 0.3) is 0 Å². The quantitative estimate of drug-likeness (QED) is 0.690. The first kappa shape index (κ1) is 12.6. The van der Waals surface area contributed by atoms with Gasteiger partial charge < -0.3 is 10.2 Å². The van der Waals surface area contributed by atoms with E-state index in [1.807, 2.05) is 0 Å². The molecule has 0 aliphatic heterocycles. The molecular formula is C14H22O3. The maximum absolute atomic E-state index is 9.83. The minimum Gasteiger partial charge on any atom is -0.478 e. The molecule has 17 heavy (non-hydrogen) atoms. The molecule has 0 amide bonds. The second-order valence-electron chi connectivity index (χ2n) is 6.01. The topological polar surface area (TPSA) is 57.5 Å². The fourth-order valence-electron chi connectivity index (χ4n) is 3.90. The summed E-state index contributed by atoms with van der Waals surface area (Å²) in [4.78, 5) is 9.60. The molecule has 0 radical (unpaired) electrons. The summed E-state index contributed by atoms with van der Waals surface area (Å²) >= 11 is 0. The molecule has 4 aliphatic carbocycles. The van der Waals surface area contributed by atoms with Gasteiger partial charge in [0, 0.05) is 5.57 Å². The number of aliphatic carboxylic acids is 1. The molecule has 0 spiro atoms. The molecule has 0 aromatic carbocycles. The van der Waals surface area contributed by atoms with Crippen LogP contribution in [-0.2, 0) is 4.79 Å². The molecular weight excluding hydrogens is 216 g/mol. The lowest BCUT2D eigenvalue weighted by molar-refractivity contribution is -0.132. The molecule has 4 saturated carbocycles. The molecule has 0 aromatic rings. The van der Waals surface area contributed by atoms with Crippen molar-refractivity contribution in [2.24, 2.45) is 23.7 Å². The standard InChI is InChI=1S/C10H16O.C4H6O2/c11-10-8-2-6-1-7(4-8)5-9(10)3-6;1-3(2)4(5)6/h6-11H,1-5H2;1H2,2H3,(H,5,6). The molecule has 0 aromatic heterocycles. The van der Waals surface area contributed by atoms with Crippen LogP contribution in [-0.4, -0.2) is 22.3 Å². The summed E-state index contributed by atoms with van der Waals surface area (Å²) < 4.78 is 0. The predicted octanol–water partition coefficient (Wildman–Crippen LogP) is 2.45. The Kier molecular flexibility index (Phi) is 3.57. The normalized spacial score (nSPS) is 41.6. The van der Waals surface area contributed by atoms with Crippen molar-refractivity contribution in [3.05, 3.63) is 12.2 Å². The molecule has 0 atom stereocenters. The number of hydrogen-bond donors (Lipinski definition) is 2. The zero-order valence-corrected chi connectivity index (χ0v) is 10.4. The highest BCUT2D eigenvalue weighted by Gasteiger charge is 2.47. The van der Waals surface area contributed by atoms with Crippen molar-refractivity contribution in [3.63, 3.8) is 0 Å². The van der Waals surface area contributed by atoms with E-state index in [9.17, 15) is 9.90 Å². The van der Waals surface area contributed by atoms with Crippen molar-refractivity contribution < 1.29 is 15.0 Å². The predicted molar refractivity (Wildman–Crippen MR) is 65.5 cm³/mol. The van der Waals surface area contributed by atoms with Crippen LogP contribution < -0.4 is 0 Å². The molecule has 4 fully saturated rings. The van der Waals surface area contributed by atoms with E-state index < -0.39 is 5.97 Å². The van der Waals surface area contributed by atoms with Crippen LogP contribution in [0.4, 0.5) is 0 Å². The van der Waals surface area contributed by atoms with E-state index in [4.69, 9.17) is 5.11 Å². The number of rotatable bonds is 1. The van der Waals surface area contributed by atoms with Gasteiger partial charge in [0.1, 0.15) is 0 Å². The molecule has 96 valence electrons. The molecule has 3 nitrogen and oxygen atoms in total. The van der Waals surface area contributed by atoms with E-state index in [2.05, 4.69) is 6.58 Å². The third-order valence-electron chi connectivity index (χ3n) is 4.54. The SMILES string of the molecule is C=C(C)C(=O)O.OC1C2CC3CC(C2)CC1C3. The average Bonchev–Trinajstić information content (AvgIpc) is 2.25. The number of carboxylic acid groups (broad SMARTS) is 1. The van der Waals surface area contributed by atoms with Gasteiger partial charge in [-0.25, -0.2) is 4.79 Å². The Hall–Kier alpha value is -0.830. The number of carboxylic acids is 1. The van der Waals surface area contributed by atoms with Crippen LogP contribution in [0.5, 0.6) is 0 Å². The Morgan fingerprint density at radius 2 is 1.41 bits per heavy atom. The molecule has 4 rings (SSSR count). The maximum Gasteiger partial charge on any atom is 0.330 e. The van der Waals surface area contributed by atoms with Crippen molar-refractivity contribution in [1.29, 1.82) is 0 Å². The smallest absolute Gasteiger partial charge is 0.330 e. The molecule has 2 N–H and O–H groups in total. The van der Waals surface area contributed by atoms with Gasteiger partial charge in [-0.15, -0.1) is 0 Å². The van der Waals surface area contributed by atoms with Crippen LogP contribution in [0, 0.1) is 23.7 Å². The second kappa shape index (κ2) is 4.81. The molecule has 4 bridgehead atoms. The summed E-state index contributed by atoms with van der Waals surface area (Å²) in [6, 6.07) is 0. The first-order valence-corrected chi connectivity index (χ1v) is 6.54. The van der Waals surface area contributed by atoms with Gasteiger partial charge in [-0.3, -0.25) is 0 Å². The Labute approximate surface area is 103 Å². The Morgan fingerprint density at radius 3 is 1.71 bits per heavy atom. The summed E-state index contributed by atoms with van der Waals surface area (Å²) in [6.45, 7) is 4.60. The van der Waals surface area contributed by atoms with Crippen molar-refractivity contribution in [3.8, 4) is 0 Å². The minimum absolute atomic E-state index is 0.0859. The van der Waals surface area contributed by atoms with E-state index in [1.165, 1.54) is 39.0 Å². The third-order valence-corrected chi connectivity index (χ3v) is 4.54. The van der Waals surface area contributed by atoms with E-state index in [0.29, 0.717) is 11.8 Å². The Balaban J connectivity index is 0.000000157. The lowest BCUT2D eigenvalue weighted by Crippen LogP contribution is -2.48. The third kappa shape index (κ3) is 2.71. The van der Waals surface area contributed by atoms with Gasteiger partial charge in [-0.2, -0.15) is 0 Å². The monoisotopic (exact) mass is 238 g/mol. The van der Waals surface area contributed by atoms with Crippen LogP contribution in [0.15, 0.2) is 12.2 Å². The summed E-state index contributed by atoms with van der Waals surface area (Å²) in [6.07, 6.45) is 6.94. The zero-order chi connectivity index (χ0) is 12.6. The van der Waals surface area contributed by atoms with Crippen molar-refractivity contribution in [2.45, 2.75) is 45.1 Å². The van der Waals surface area contributed by atoms with Gasteiger partial charge in [-0.05, 0) is 62.7 Å². The van der Waals surface area contributed by atoms with E-state index in [0.717, 1.165) is 11.8 Å². The zero-order valence-electron chi connectivity index (χ0n) is 10.4. The maximum atomic E-state index is 9.83. The summed E-state index contributed by atoms with van der Waals surface area (Å²) in [5, 5.41) is 17.7. The average molecular weight is 238 g/mol. The fourth-order valence-corrected chi connectivity index (χ4v) is 3.90. The summed E-state index contributed by atoms with van der Waals surface area (Å²) in [7, 11) is 0. The lowest BCUT2D eigenvalue weighted by Gasteiger charge is -2.52. The molecule has 0 unspecified atom stereocenters. The van der Waals surface area contributed by atoms with Gasteiger partial charge >= 0.3 is 5.97 Å². The highest BCUT2D eigenvalue weighted by Crippen LogP contribution is 2.53. The van der Waals surface area contributed by atoms with Crippen LogP contribution in [0.3, 0.4) is 0 Å². The molecule has 0 saturated heterocycles. The Morgan fingerprint density at radius 1 is 1.06 bits per heavy atom. The first-order valence-electron chi connectivity index (χ1n) is 6.54. The second-order valence-corrected chi connectivity index (χ2v) is 6.01. The fraction of sp³-hybridized carbons (Fsp3) is 0.786. The summed E-state index contributed by atoms with van der Waals surface area (Å²) in [5.41, 5.74) is 0.176. The van der Waals surface area contributed by atoms with Gasteiger partial charge in [-0.1, -0.05) is 6.58 Å². The summed E-state index contributed by atoms with van der Waals surface area (Å²) in [5.74, 6) is 2.47. The molecule has 3 heteroatoms. The highest BCUT2D eigenvalue weighted by molar-refractivity contribution is 5.84. The Bertz CT molecular complexity index is 281. The van der Waals surface area contributed by atoms with Crippen molar-refractivity contribution >= 4 is 5.97 Å². The number of aliphatic hydroxyl groups excluding tert-OH is 1. The van der Waals surface area contributed by atoms with Crippen molar-refractivity contribution in [2.75, 3.05) is 0 Å². The largest absolute Gasteiger partial charge is 0.478 e. The van der Waals surface area contributed by atoms with Crippen LogP contribution in [0.25, 0.3) is 0 Å².